The summed E-state index contributed by atoms with van der Waals surface area (Å²) < 4.78 is 6.88. The number of benzene rings is 2. The Morgan fingerprint density at radius 1 is 1.18 bits per heavy atom. The van der Waals surface area contributed by atoms with Crippen LogP contribution in [0.5, 0.6) is 0 Å². The second-order valence-corrected chi connectivity index (χ2v) is 6.67. The molecule has 0 unspecified atom stereocenters. The first-order chi connectivity index (χ1) is 13.5. The van der Waals surface area contributed by atoms with Crippen molar-refractivity contribution in [3.8, 4) is 17.2 Å². The van der Waals surface area contributed by atoms with Crippen LogP contribution in [0.1, 0.15) is 18.2 Å². The molecule has 0 amide bonds. The molecule has 142 valence electrons. The third-order valence-electron chi connectivity index (χ3n) is 4.96. The predicted molar refractivity (Wildman–Crippen MR) is 101 cm³/mol. The van der Waals surface area contributed by atoms with Crippen molar-refractivity contribution in [1.82, 2.24) is 9.55 Å². The van der Waals surface area contributed by atoms with Gasteiger partial charge in [0.2, 0.25) is 0 Å². The van der Waals surface area contributed by atoms with Crippen molar-refractivity contribution < 1.29 is 14.9 Å². The number of nitriles is 1. The Kier molecular flexibility index (Phi) is 4.57. The van der Waals surface area contributed by atoms with Gasteiger partial charge in [0.25, 0.3) is 5.56 Å². The molecule has 0 radical (unpaired) electrons. The van der Waals surface area contributed by atoms with Gasteiger partial charge in [-0.25, -0.2) is 4.79 Å². The fourth-order valence-electron chi connectivity index (χ4n) is 3.50. The van der Waals surface area contributed by atoms with Gasteiger partial charge in [-0.15, -0.1) is 0 Å². The topological polar surface area (TPSA) is 128 Å². The minimum atomic E-state index is -0.901. The Morgan fingerprint density at radius 3 is 2.54 bits per heavy atom. The predicted octanol–water partition coefficient (Wildman–Crippen LogP) is 0.869. The van der Waals surface area contributed by atoms with E-state index in [2.05, 4.69) is 11.1 Å². The summed E-state index contributed by atoms with van der Waals surface area (Å²) in [5, 5.41) is 28.5. The lowest BCUT2D eigenvalue weighted by atomic mass is 10.0. The van der Waals surface area contributed by atoms with Crippen LogP contribution in [0.2, 0.25) is 0 Å². The molecule has 1 aliphatic rings. The molecule has 0 saturated carbocycles. The van der Waals surface area contributed by atoms with Gasteiger partial charge in [0.1, 0.15) is 12.3 Å². The minimum absolute atomic E-state index is 0.129. The third kappa shape index (κ3) is 3.01. The van der Waals surface area contributed by atoms with E-state index in [1.807, 2.05) is 0 Å². The number of aliphatic hydroxyl groups excluding tert-OH is 2. The minimum Gasteiger partial charge on any atom is -0.394 e. The van der Waals surface area contributed by atoms with Crippen molar-refractivity contribution in [1.29, 1.82) is 5.26 Å². The third-order valence-corrected chi connectivity index (χ3v) is 4.96. The molecule has 1 saturated heterocycles. The number of nitrogens with zero attached hydrogens (tertiary/aromatic N) is 2. The van der Waals surface area contributed by atoms with E-state index in [0.717, 1.165) is 11.1 Å². The summed E-state index contributed by atoms with van der Waals surface area (Å²) in [5.41, 5.74) is 1.33. The van der Waals surface area contributed by atoms with Crippen LogP contribution in [0.3, 0.4) is 0 Å². The summed E-state index contributed by atoms with van der Waals surface area (Å²) in [6.07, 6.45) is -2.35. The van der Waals surface area contributed by atoms with Crippen LogP contribution in [0, 0.1) is 11.3 Å². The number of aliphatic hydroxyl groups is 2. The van der Waals surface area contributed by atoms with Crippen LogP contribution in [0.15, 0.2) is 52.1 Å². The molecular weight excluding hydrogens is 362 g/mol. The number of fused-ring (bicyclic) bond motifs is 1. The normalized spacial score (nSPS) is 21.7. The lowest BCUT2D eigenvalue weighted by molar-refractivity contribution is -0.0443. The summed E-state index contributed by atoms with van der Waals surface area (Å²) in [6, 6.07) is 14.1. The molecule has 3 aromatic rings. The molecule has 2 aromatic carbocycles. The van der Waals surface area contributed by atoms with E-state index in [1.54, 1.807) is 42.5 Å². The number of aromatic amines is 1. The molecule has 1 aromatic heterocycles. The van der Waals surface area contributed by atoms with Crippen LogP contribution in [0.4, 0.5) is 0 Å². The Hall–Kier alpha value is -3.25. The number of H-pyrrole nitrogens is 1. The second kappa shape index (κ2) is 7.05. The van der Waals surface area contributed by atoms with Crippen molar-refractivity contribution in [2.45, 2.75) is 24.9 Å². The van der Waals surface area contributed by atoms with E-state index >= 15 is 0 Å². The Balaban J connectivity index is 1.83. The highest BCUT2D eigenvalue weighted by Gasteiger charge is 2.35. The zero-order chi connectivity index (χ0) is 19.8. The lowest BCUT2D eigenvalue weighted by Gasteiger charge is -2.17. The molecule has 28 heavy (non-hydrogen) atoms. The first kappa shape index (κ1) is 18.1. The fourth-order valence-corrected chi connectivity index (χ4v) is 3.50. The zero-order valence-corrected chi connectivity index (χ0v) is 14.7. The largest absolute Gasteiger partial charge is 0.394 e. The van der Waals surface area contributed by atoms with Gasteiger partial charge < -0.3 is 14.9 Å². The number of hydrogen-bond donors (Lipinski definition) is 3. The molecule has 2 heterocycles. The van der Waals surface area contributed by atoms with Crippen LogP contribution >= 0.6 is 0 Å². The Labute approximate surface area is 158 Å². The maximum Gasteiger partial charge on any atom is 0.330 e. The molecule has 8 nitrogen and oxygen atoms in total. The van der Waals surface area contributed by atoms with E-state index in [1.165, 1.54) is 4.57 Å². The monoisotopic (exact) mass is 379 g/mol. The zero-order valence-electron chi connectivity index (χ0n) is 14.7. The molecule has 0 spiro atoms. The summed E-state index contributed by atoms with van der Waals surface area (Å²) in [6.45, 7) is -0.365. The standard InChI is InChI=1S/C20H17N3O5/c21-9-11-1-3-12(4-2-11)13-5-6-15-14(7-13)19(26)22-20(27)23(15)18-8-16(25)17(10-24)28-18/h1-7,16-18,24-25H,8,10H2,(H,22,26,27)/t16-,17+,18+/m0/s1. The van der Waals surface area contributed by atoms with E-state index in [4.69, 9.17) is 10.00 Å². The fraction of sp³-hybridized carbons (Fsp3) is 0.250. The number of hydrogen-bond acceptors (Lipinski definition) is 6. The van der Waals surface area contributed by atoms with Crippen molar-refractivity contribution in [2.24, 2.45) is 0 Å². The van der Waals surface area contributed by atoms with E-state index in [9.17, 15) is 19.8 Å². The molecule has 3 N–H and O–H groups in total. The molecule has 1 fully saturated rings. The second-order valence-electron chi connectivity index (χ2n) is 6.67. The summed E-state index contributed by atoms with van der Waals surface area (Å²) >= 11 is 0. The molecular formula is C20H17N3O5. The van der Waals surface area contributed by atoms with Crippen molar-refractivity contribution in [3.05, 3.63) is 68.9 Å². The summed E-state index contributed by atoms with van der Waals surface area (Å²) in [5.74, 6) is 0. The maximum absolute atomic E-state index is 12.4. The number of ether oxygens (including phenoxy) is 1. The number of nitrogens with one attached hydrogen (secondary N) is 1. The summed E-state index contributed by atoms with van der Waals surface area (Å²) in [7, 11) is 0. The number of rotatable bonds is 3. The first-order valence-electron chi connectivity index (χ1n) is 8.75. The highest BCUT2D eigenvalue weighted by Crippen LogP contribution is 2.30. The van der Waals surface area contributed by atoms with Crippen molar-refractivity contribution in [2.75, 3.05) is 6.61 Å². The van der Waals surface area contributed by atoms with Crippen LogP contribution in [-0.2, 0) is 4.74 Å². The molecule has 3 atom stereocenters. The Morgan fingerprint density at radius 2 is 1.89 bits per heavy atom. The van der Waals surface area contributed by atoms with Gasteiger partial charge in [-0.1, -0.05) is 18.2 Å². The van der Waals surface area contributed by atoms with Gasteiger partial charge in [0, 0.05) is 6.42 Å². The van der Waals surface area contributed by atoms with E-state index in [0.29, 0.717) is 16.5 Å². The van der Waals surface area contributed by atoms with Gasteiger partial charge in [0.15, 0.2) is 0 Å². The Bertz CT molecular complexity index is 1190. The van der Waals surface area contributed by atoms with E-state index < -0.39 is 29.7 Å². The SMILES string of the molecule is N#Cc1ccc(-c2ccc3c(c2)c(=O)[nH]c(=O)n3[C@H]2C[C@H](O)[C@@H](CO)O2)cc1. The highest BCUT2D eigenvalue weighted by molar-refractivity contribution is 5.84. The van der Waals surface area contributed by atoms with Gasteiger partial charge >= 0.3 is 5.69 Å². The maximum atomic E-state index is 12.4. The highest BCUT2D eigenvalue weighted by atomic mass is 16.5. The van der Waals surface area contributed by atoms with Gasteiger partial charge in [-0.05, 0) is 35.4 Å². The molecule has 4 rings (SSSR count). The van der Waals surface area contributed by atoms with Crippen molar-refractivity contribution >= 4 is 10.9 Å². The first-order valence-corrected chi connectivity index (χ1v) is 8.75. The van der Waals surface area contributed by atoms with Gasteiger partial charge in [0.05, 0.1) is 35.2 Å². The molecule has 0 aliphatic carbocycles. The smallest absolute Gasteiger partial charge is 0.330 e. The quantitative estimate of drug-likeness (QED) is 0.619. The van der Waals surface area contributed by atoms with Gasteiger partial charge in [-0.3, -0.25) is 14.3 Å². The average molecular weight is 379 g/mol. The lowest BCUT2D eigenvalue weighted by Crippen LogP contribution is -2.33. The number of aromatic nitrogens is 2. The van der Waals surface area contributed by atoms with E-state index in [-0.39, 0.29) is 13.0 Å². The molecule has 8 heteroatoms. The van der Waals surface area contributed by atoms with Gasteiger partial charge in [-0.2, -0.15) is 5.26 Å². The van der Waals surface area contributed by atoms with Crippen molar-refractivity contribution in [3.63, 3.8) is 0 Å². The van der Waals surface area contributed by atoms with Crippen LogP contribution in [0.25, 0.3) is 22.0 Å². The van der Waals surface area contributed by atoms with Crippen LogP contribution < -0.4 is 11.2 Å². The summed E-state index contributed by atoms with van der Waals surface area (Å²) in [4.78, 5) is 27.1. The molecule has 1 aliphatic heterocycles. The van der Waals surface area contributed by atoms with Crippen LogP contribution in [-0.4, -0.2) is 38.6 Å². The molecule has 0 bridgehead atoms. The average Bonchev–Trinajstić information content (AvgIpc) is 3.08.